The SMILES string of the molecule is CNC(=O)C(=NOC)c1ccccc1CON=C(C)[C@@H]1C[C@H]1c1cccs1. The molecule has 7 heteroatoms. The molecule has 142 valence electrons. The summed E-state index contributed by atoms with van der Waals surface area (Å²) in [5, 5.41) is 12.8. The molecule has 0 spiro atoms. The molecule has 3 rings (SSSR count). The fourth-order valence-corrected chi connectivity index (χ4v) is 3.95. The molecule has 0 aliphatic heterocycles. The fraction of sp³-hybridized carbons (Fsp3) is 0.350. The molecule has 2 atom stereocenters. The Balaban J connectivity index is 1.66. The second kappa shape index (κ2) is 8.81. The first-order chi connectivity index (χ1) is 13.2. The van der Waals surface area contributed by atoms with Gasteiger partial charge < -0.3 is 15.0 Å². The van der Waals surface area contributed by atoms with E-state index in [1.165, 1.54) is 12.0 Å². The van der Waals surface area contributed by atoms with Crippen LogP contribution in [0.4, 0.5) is 0 Å². The Kier molecular flexibility index (Phi) is 6.24. The van der Waals surface area contributed by atoms with Gasteiger partial charge in [-0.2, -0.15) is 0 Å². The first-order valence-electron chi connectivity index (χ1n) is 8.77. The summed E-state index contributed by atoms with van der Waals surface area (Å²) in [7, 11) is 2.97. The van der Waals surface area contributed by atoms with Crippen molar-refractivity contribution in [3.05, 3.63) is 57.8 Å². The predicted molar refractivity (Wildman–Crippen MR) is 107 cm³/mol. The van der Waals surface area contributed by atoms with E-state index in [-0.39, 0.29) is 18.2 Å². The molecule has 1 aliphatic rings. The van der Waals surface area contributed by atoms with Crippen LogP contribution in [0.3, 0.4) is 0 Å². The molecule has 0 unspecified atom stereocenters. The molecule has 6 nitrogen and oxygen atoms in total. The van der Waals surface area contributed by atoms with Gasteiger partial charge in [0, 0.05) is 34.9 Å². The van der Waals surface area contributed by atoms with Gasteiger partial charge in [-0.1, -0.05) is 40.6 Å². The van der Waals surface area contributed by atoms with E-state index in [0.717, 1.165) is 17.7 Å². The number of amides is 1. The predicted octanol–water partition coefficient (Wildman–Crippen LogP) is 3.54. The van der Waals surface area contributed by atoms with Crippen LogP contribution in [0.5, 0.6) is 0 Å². The highest BCUT2D eigenvalue weighted by Crippen LogP contribution is 2.49. The number of nitrogens with one attached hydrogen (secondary N) is 1. The summed E-state index contributed by atoms with van der Waals surface area (Å²) in [6, 6.07) is 11.7. The lowest BCUT2D eigenvalue weighted by atomic mass is 10.0. The van der Waals surface area contributed by atoms with Crippen LogP contribution in [-0.2, 0) is 21.1 Å². The smallest absolute Gasteiger partial charge is 0.273 e. The van der Waals surface area contributed by atoms with E-state index in [1.807, 2.05) is 31.2 Å². The zero-order valence-electron chi connectivity index (χ0n) is 15.6. The molecule has 1 aromatic carbocycles. The molecule has 0 saturated heterocycles. The highest BCUT2D eigenvalue weighted by atomic mass is 32.1. The van der Waals surface area contributed by atoms with Gasteiger partial charge in [0.2, 0.25) is 0 Å². The van der Waals surface area contributed by atoms with Crippen LogP contribution >= 0.6 is 11.3 Å². The number of thiophene rings is 1. The highest BCUT2D eigenvalue weighted by molar-refractivity contribution is 7.10. The average Bonchev–Trinajstić information content (AvgIpc) is 3.31. The number of carbonyl (C=O) groups is 1. The maximum absolute atomic E-state index is 12.1. The fourth-order valence-electron chi connectivity index (χ4n) is 3.04. The molecule has 27 heavy (non-hydrogen) atoms. The highest BCUT2D eigenvalue weighted by Gasteiger charge is 2.41. The Labute approximate surface area is 162 Å². The van der Waals surface area contributed by atoms with Crippen LogP contribution in [0.25, 0.3) is 0 Å². The number of benzene rings is 1. The summed E-state index contributed by atoms with van der Waals surface area (Å²) in [6.07, 6.45) is 1.12. The van der Waals surface area contributed by atoms with Gasteiger partial charge in [0.05, 0.1) is 5.71 Å². The lowest BCUT2D eigenvalue weighted by Gasteiger charge is -2.10. The minimum absolute atomic E-state index is 0.208. The molecule has 1 aliphatic carbocycles. The Hall–Kier alpha value is -2.67. The maximum atomic E-state index is 12.1. The standard InChI is InChI=1S/C20H23N3O3S/c1-13(16-11-17(16)18-9-6-10-27-18)22-26-12-14-7-4-5-8-15(14)19(23-25-3)20(24)21-2/h4-10,16-17H,11-12H2,1-3H3,(H,21,24)/t16-,17+/m0/s1. The van der Waals surface area contributed by atoms with Gasteiger partial charge in [-0.15, -0.1) is 11.3 Å². The molecule has 1 amide bonds. The van der Waals surface area contributed by atoms with Gasteiger partial charge in [0.25, 0.3) is 5.91 Å². The molecule has 2 aromatic rings. The van der Waals surface area contributed by atoms with E-state index in [4.69, 9.17) is 9.68 Å². The van der Waals surface area contributed by atoms with Crippen molar-refractivity contribution in [3.8, 4) is 0 Å². The lowest BCUT2D eigenvalue weighted by molar-refractivity contribution is -0.114. The summed E-state index contributed by atoms with van der Waals surface area (Å²) in [5.41, 5.74) is 2.69. The van der Waals surface area contributed by atoms with Crippen LogP contribution in [-0.4, -0.2) is 31.5 Å². The van der Waals surface area contributed by atoms with Gasteiger partial charge in [-0.25, -0.2) is 0 Å². The van der Waals surface area contributed by atoms with Crippen LogP contribution in [0.15, 0.2) is 52.1 Å². The normalized spacial score (nSPS) is 19.5. The van der Waals surface area contributed by atoms with E-state index in [2.05, 4.69) is 33.1 Å². The van der Waals surface area contributed by atoms with Crippen molar-refractivity contribution < 1.29 is 14.5 Å². The number of hydrogen-bond acceptors (Lipinski definition) is 6. The summed E-state index contributed by atoms with van der Waals surface area (Å²) in [5.74, 6) is 0.703. The third kappa shape index (κ3) is 4.54. The second-order valence-corrected chi connectivity index (χ2v) is 7.31. The van der Waals surface area contributed by atoms with Gasteiger partial charge >= 0.3 is 0 Å². The van der Waals surface area contributed by atoms with Crippen LogP contribution < -0.4 is 5.32 Å². The van der Waals surface area contributed by atoms with Gasteiger partial charge in [0.15, 0.2) is 5.71 Å². The van der Waals surface area contributed by atoms with Crippen molar-refractivity contribution in [1.82, 2.24) is 5.32 Å². The number of nitrogens with zero attached hydrogens (tertiary/aromatic N) is 2. The van der Waals surface area contributed by atoms with Crippen LogP contribution in [0.1, 0.15) is 35.3 Å². The summed E-state index contributed by atoms with van der Waals surface area (Å²) in [6.45, 7) is 2.26. The quantitative estimate of drug-likeness (QED) is 0.558. The molecule has 1 aromatic heterocycles. The van der Waals surface area contributed by atoms with Crippen LogP contribution in [0.2, 0.25) is 0 Å². The Bertz CT molecular complexity index is 846. The third-order valence-electron chi connectivity index (χ3n) is 4.56. The van der Waals surface area contributed by atoms with E-state index in [0.29, 0.717) is 17.4 Å². The second-order valence-electron chi connectivity index (χ2n) is 6.33. The Morgan fingerprint density at radius 2 is 2.07 bits per heavy atom. The molecule has 0 radical (unpaired) electrons. The number of carbonyl (C=O) groups excluding carboxylic acids is 1. The van der Waals surface area contributed by atoms with Crippen molar-refractivity contribution in [1.29, 1.82) is 0 Å². The molecule has 0 bridgehead atoms. The average molecular weight is 385 g/mol. The van der Waals surface area contributed by atoms with Crippen molar-refractivity contribution in [2.45, 2.75) is 25.9 Å². The van der Waals surface area contributed by atoms with Crippen molar-refractivity contribution >= 4 is 28.7 Å². The summed E-state index contributed by atoms with van der Waals surface area (Å²) in [4.78, 5) is 23.9. The molecule has 1 heterocycles. The number of rotatable bonds is 8. The maximum Gasteiger partial charge on any atom is 0.273 e. The minimum Gasteiger partial charge on any atom is -0.398 e. The number of oxime groups is 2. The van der Waals surface area contributed by atoms with E-state index in [1.54, 1.807) is 18.4 Å². The molecule has 1 N–H and O–H groups in total. The first kappa shape index (κ1) is 19.1. The lowest BCUT2D eigenvalue weighted by Crippen LogP contribution is -2.29. The van der Waals surface area contributed by atoms with Gasteiger partial charge in [-0.3, -0.25) is 4.79 Å². The Morgan fingerprint density at radius 3 is 2.78 bits per heavy atom. The molecule has 1 fully saturated rings. The molecular formula is C20H23N3O3S. The van der Waals surface area contributed by atoms with E-state index >= 15 is 0 Å². The van der Waals surface area contributed by atoms with Crippen molar-refractivity contribution in [3.63, 3.8) is 0 Å². The summed E-state index contributed by atoms with van der Waals surface area (Å²) >= 11 is 1.79. The van der Waals surface area contributed by atoms with E-state index < -0.39 is 0 Å². The monoisotopic (exact) mass is 385 g/mol. The summed E-state index contributed by atoms with van der Waals surface area (Å²) < 4.78 is 0. The van der Waals surface area contributed by atoms with Crippen LogP contribution in [0, 0.1) is 5.92 Å². The van der Waals surface area contributed by atoms with E-state index in [9.17, 15) is 4.79 Å². The topological polar surface area (TPSA) is 72.3 Å². The van der Waals surface area contributed by atoms with Gasteiger partial charge in [0.1, 0.15) is 13.7 Å². The Morgan fingerprint density at radius 1 is 1.26 bits per heavy atom. The van der Waals surface area contributed by atoms with Crippen molar-refractivity contribution in [2.75, 3.05) is 14.2 Å². The number of likely N-dealkylation sites (N-methyl/N-ethyl adjacent to an activating group) is 1. The third-order valence-corrected chi connectivity index (χ3v) is 5.57. The first-order valence-corrected chi connectivity index (χ1v) is 9.65. The van der Waals surface area contributed by atoms with Gasteiger partial charge in [-0.05, 0) is 24.8 Å². The minimum atomic E-state index is -0.319. The largest absolute Gasteiger partial charge is 0.398 e. The number of hydrogen-bond donors (Lipinski definition) is 1. The molecule has 1 saturated carbocycles. The van der Waals surface area contributed by atoms with Crippen molar-refractivity contribution in [2.24, 2.45) is 16.2 Å². The zero-order chi connectivity index (χ0) is 19.2. The molecular weight excluding hydrogens is 362 g/mol. The zero-order valence-corrected chi connectivity index (χ0v) is 16.5.